The van der Waals surface area contributed by atoms with Crippen molar-refractivity contribution in [2.45, 2.75) is 45.0 Å². The Kier molecular flexibility index (Phi) is 4.58. The second-order valence-electron chi connectivity index (χ2n) is 3.20. The maximum absolute atomic E-state index is 8.75. The molecule has 1 fully saturated rings. The predicted molar refractivity (Wildman–Crippen MR) is 45.8 cm³/mol. The minimum absolute atomic E-state index is 0.0614. The second kappa shape index (κ2) is 5.51. The van der Waals surface area contributed by atoms with E-state index in [2.05, 4.69) is 6.92 Å². The summed E-state index contributed by atoms with van der Waals surface area (Å²) in [5.41, 5.74) is 0. The summed E-state index contributed by atoms with van der Waals surface area (Å²) in [7, 11) is 0. The van der Waals surface area contributed by atoms with Crippen molar-refractivity contribution in [1.82, 2.24) is 0 Å². The Morgan fingerprint density at radius 2 is 2.25 bits per heavy atom. The zero-order chi connectivity index (χ0) is 8.81. The van der Waals surface area contributed by atoms with Crippen molar-refractivity contribution >= 4 is 0 Å². The molecule has 1 aliphatic rings. The van der Waals surface area contributed by atoms with Crippen molar-refractivity contribution in [2.24, 2.45) is 0 Å². The van der Waals surface area contributed by atoms with Gasteiger partial charge in [0.2, 0.25) is 0 Å². The van der Waals surface area contributed by atoms with Crippen molar-refractivity contribution in [3.05, 3.63) is 0 Å². The van der Waals surface area contributed by atoms with Crippen molar-refractivity contribution in [3.8, 4) is 0 Å². The Morgan fingerprint density at radius 3 is 2.83 bits per heavy atom. The third-order valence-corrected chi connectivity index (χ3v) is 2.06. The molecule has 3 nitrogen and oxygen atoms in total. The van der Waals surface area contributed by atoms with Crippen LogP contribution in [0, 0.1) is 0 Å². The lowest BCUT2D eigenvalue weighted by molar-refractivity contribution is -0.0701. The van der Waals surface area contributed by atoms with Crippen molar-refractivity contribution in [1.29, 1.82) is 0 Å². The van der Waals surface area contributed by atoms with E-state index in [1.165, 1.54) is 12.8 Å². The summed E-state index contributed by atoms with van der Waals surface area (Å²) >= 11 is 0. The number of aliphatic hydroxyl groups is 1. The fourth-order valence-electron chi connectivity index (χ4n) is 1.32. The van der Waals surface area contributed by atoms with Crippen LogP contribution in [-0.4, -0.2) is 30.7 Å². The Hall–Kier alpha value is -0.120. The third-order valence-electron chi connectivity index (χ3n) is 2.06. The van der Waals surface area contributed by atoms with E-state index in [1.54, 1.807) is 0 Å². The van der Waals surface area contributed by atoms with Crippen LogP contribution in [-0.2, 0) is 9.47 Å². The van der Waals surface area contributed by atoms with Crippen LogP contribution in [0.4, 0.5) is 0 Å². The van der Waals surface area contributed by atoms with Gasteiger partial charge in [-0.2, -0.15) is 0 Å². The van der Waals surface area contributed by atoms with Gasteiger partial charge in [0, 0.05) is 0 Å². The maximum atomic E-state index is 8.75. The molecule has 72 valence electrons. The van der Waals surface area contributed by atoms with Gasteiger partial charge >= 0.3 is 0 Å². The lowest BCUT2D eigenvalue weighted by atomic mass is 10.2. The number of ether oxygens (including phenoxy) is 2. The van der Waals surface area contributed by atoms with E-state index in [-0.39, 0.29) is 19.0 Å². The van der Waals surface area contributed by atoms with Gasteiger partial charge in [0.05, 0.1) is 13.2 Å². The molecule has 0 bridgehead atoms. The van der Waals surface area contributed by atoms with Gasteiger partial charge in [-0.05, 0) is 12.8 Å². The summed E-state index contributed by atoms with van der Waals surface area (Å²) in [4.78, 5) is 0. The normalized spacial score (nSPS) is 29.5. The largest absolute Gasteiger partial charge is 0.394 e. The molecule has 1 heterocycles. The Bertz CT molecular complexity index is 116. The molecule has 0 aromatic heterocycles. The van der Waals surface area contributed by atoms with Crippen molar-refractivity contribution < 1.29 is 14.6 Å². The van der Waals surface area contributed by atoms with Gasteiger partial charge < -0.3 is 14.6 Å². The quantitative estimate of drug-likeness (QED) is 0.638. The molecule has 1 rings (SSSR count). The molecule has 0 amide bonds. The van der Waals surface area contributed by atoms with Gasteiger partial charge in [0.1, 0.15) is 6.10 Å². The minimum atomic E-state index is -0.0865. The van der Waals surface area contributed by atoms with Crippen LogP contribution in [0.15, 0.2) is 0 Å². The van der Waals surface area contributed by atoms with Gasteiger partial charge in [0.15, 0.2) is 6.29 Å². The Morgan fingerprint density at radius 1 is 1.42 bits per heavy atom. The smallest absolute Gasteiger partial charge is 0.158 e. The van der Waals surface area contributed by atoms with Crippen molar-refractivity contribution in [3.63, 3.8) is 0 Å². The molecular formula is C9H18O3. The summed E-state index contributed by atoms with van der Waals surface area (Å²) in [6.45, 7) is 2.80. The first-order chi connectivity index (χ1) is 5.86. The van der Waals surface area contributed by atoms with Gasteiger partial charge in [-0.15, -0.1) is 0 Å². The highest BCUT2D eigenvalue weighted by molar-refractivity contribution is 4.63. The molecule has 1 saturated heterocycles. The van der Waals surface area contributed by atoms with Gasteiger partial charge in [0.25, 0.3) is 0 Å². The van der Waals surface area contributed by atoms with Crippen LogP contribution >= 0.6 is 0 Å². The summed E-state index contributed by atoms with van der Waals surface area (Å²) in [6.07, 6.45) is 4.41. The van der Waals surface area contributed by atoms with Gasteiger partial charge in [-0.1, -0.05) is 19.8 Å². The van der Waals surface area contributed by atoms with Crippen LogP contribution in [0.1, 0.15) is 32.6 Å². The summed E-state index contributed by atoms with van der Waals surface area (Å²) < 4.78 is 10.7. The molecule has 0 radical (unpaired) electrons. The lowest BCUT2D eigenvalue weighted by Gasteiger charge is -2.08. The molecule has 0 aromatic carbocycles. The van der Waals surface area contributed by atoms with Crippen LogP contribution < -0.4 is 0 Å². The van der Waals surface area contributed by atoms with Crippen LogP contribution in [0.5, 0.6) is 0 Å². The fourth-order valence-corrected chi connectivity index (χ4v) is 1.32. The molecule has 2 atom stereocenters. The Balaban J connectivity index is 2.03. The average molecular weight is 174 g/mol. The minimum Gasteiger partial charge on any atom is -0.394 e. The molecule has 0 spiro atoms. The molecule has 3 heteroatoms. The van der Waals surface area contributed by atoms with Crippen LogP contribution in [0.25, 0.3) is 0 Å². The SMILES string of the molecule is CCCCC[C@H]1OC[C@@H](CO)O1. The number of hydrogen-bond acceptors (Lipinski definition) is 3. The Labute approximate surface area is 73.7 Å². The summed E-state index contributed by atoms with van der Waals surface area (Å²) in [6, 6.07) is 0. The van der Waals surface area contributed by atoms with E-state index in [0.717, 1.165) is 12.8 Å². The van der Waals surface area contributed by atoms with E-state index >= 15 is 0 Å². The standard InChI is InChI=1S/C9H18O3/c1-2-3-4-5-9-11-7-8(6-10)12-9/h8-10H,2-7H2,1H3/t8-,9+/m1/s1. The van der Waals surface area contributed by atoms with Crippen LogP contribution in [0.3, 0.4) is 0 Å². The monoisotopic (exact) mass is 174 g/mol. The van der Waals surface area contributed by atoms with E-state index in [4.69, 9.17) is 14.6 Å². The molecule has 0 saturated carbocycles. The van der Waals surface area contributed by atoms with E-state index < -0.39 is 0 Å². The van der Waals surface area contributed by atoms with Gasteiger partial charge in [-0.3, -0.25) is 0 Å². The fraction of sp³-hybridized carbons (Fsp3) is 1.00. The average Bonchev–Trinajstić information content (AvgIpc) is 2.53. The predicted octanol–water partition coefficient (Wildman–Crippen LogP) is 1.30. The first-order valence-electron chi connectivity index (χ1n) is 4.74. The van der Waals surface area contributed by atoms with E-state index in [0.29, 0.717) is 6.61 Å². The number of hydrogen-bond donors (Lipinski definition) is 1. The number of aliphatic hydroxyl groups excluding tert-OH is 1. The summed E-state index contributed by atoms with van der Waals surface area (Å²) in [5, 5.41) is 8.75. The topological polar surface area (TPSA) is 38.7 Å². The highest BCUT2D eigenvalue weighted by atomic mass is 16.7. The molecule has 1 N–H and O–H groups in total. The highest BCUT2D eigenvalue weighted by Crippen LogP contribution is 2.16. The maximum Gasteiger partial charge on any atom is 0.158 e. The molecular weight excluding hydrogens is 156 g/mol. The van der Waals surface area contributed by atoms with Gasteiger partial charge in [-0.25, -0.2) is 0 Å². The zero-order valence-corrected chi connectivity index (χ0v) is 7.66. The van der Waals surface area contributed by atoms with E-state index in [1.807, 2.05) is 0 Å². The highest BCUT2D eigenvalue weighted by Gasteiger charge is 2.24. The van der Waals surface area contributed by atoms with E-state index in [9.17, 15) is 0 Å². The molecule has 0 aromatic rings. The lowest BCUT2D eigenvalue weighted by Crippen LogP contribution is -2.16. The first-order valence-corrected chi connectivity index (χ1v) is 4.74. The molecule has 0 unspecified atom stereocenters. The molecule has 0 aliphatic carbocycles. The molecule has 12 heavy (non-hydrogen) atoms. The first kappa shape index (κ1) is 9.96. The zero-order valence-electron chi connectivity index (χ0n) is 7.66. The van der Waals surface area contributed by atoms with Crippen molar-refractivity contribution in [2.75, 3.05) is 13.2 Å². The third kappa shape index (κ3) is 3.09. The number of rotatable bonds is 5. The second-order valence-corrected chi connectivity index (χ2v) is 3.20. The summed E-state index contributed by atoms with van der Waals surface area (Å²) in [5.74, 6) is 0. The molecule has 1 aliphatic heterocycles. The van der Waals surface area contributed by atoms with Crippen LogP contribution in [0.2, 0.25) is 0 Å². The number of unbranched alkanes of at least 4 members (excludes halogenated alkanes) is 2.